The molecule has 4 heterocycles. The average Bonchev–Trinajstić information content (AvgIpc) is 0.734. The van der Waals surface area contributed by atoms with Gasteiger partial charge in [0.05, 0.1) is 22.6 Å². The second-order valence-electron chi connectivity index (χ2n) is 25.2. The van der Waals surface area contributed by atoms with Crippen LogP contribution in [0.15, 0.2) is 365 Å². The summed E-state index contributed by atoms with van der Waals surface area (Å²) in [6.45, 7) is 0. The Hall–Kier alpha value is -13.0. The van der Waals surface area contributed by atoms with Crippen molar-refractivity contribution in [3.63, 3.8) is 0 Å². The summed E-state index contributed by atoms with van der Waals surface area (Å²) in [7, 11) is 0. The fourth-order valence-electron chi connectivity index (χ4n) is 14.7. The van der Waals surface area contributed by atoms with Crippen LogP contribution in [-0.2, 0) is 0 Å². The molecule has 4 aromatic heterocycles. The third-order valence-corrected chi connectivity index (χ3v) is 19.5. The second kappa shape index (κ2) is 24.7. The van der Waals surface area contributed by atoms with Crippen molar-refractivity contribution in [3.05, 3.63) is 365 Å². The third-order valence-electron chi connectivity index (χ3n) is 19.5. The topological polar surface area (TPSA) is 51.6 Å². The first-order valence-corrected chi connectivity index (χ1v) is 33.4. The van der Waals surface area contributed by atoms with Gasteiger partial charge in [0.1, 0.15) is 0 Å². The lowest BCUT2D eigenvalue weighted by atomic mass is 9.84. The molecule has 0 aliphatic carbocycles. The van der Waals surface area contributed by atoms with Crippen LogP contribution in [0.2, 0.25) is 0 Å². The molecule has 4 heteroatoms. The first-order chi connectivity index (χ1) is 48.6. The molecule has 0 spiro atoms. The lowest BCUT2D eigenvalue weighted by Gasteiger charge is -2.19. The molecule has 98 heavy (non-hydrogen) atoms. The highest BCUT2D eigenvalue weighted by Gasteiger charge is 2.21. The minimum atomic E-state index is 0.911. The van der Waals surface area contributed by atoms with Gasteiger partial charge in [-0.3, -0.25) is 19.9 Å². The zero-order valence-corrected chi connectivity index (χ0v) is 53.4. The Balaban J connectivity index is 0.000000142. The van der Waals surface area contributed by atoms with Gasteiger partial charge in [-0.2, -0.15) is 0 Å². The van der Waals surface area contributed by atoms with Crippen molar-refractivity contribution in [1.82, 2.24) is 19.9 Å². The molecule has 0 saturated heterocycles. The third kappa shape index (κ3) is 10.5. The summed E-state index contributed by atoms with van der Waals surface area (Å²) >= 11 is 0. The summed E-state index contributed by atoms with van der Waals surface area (Å²) in [5.74, 6) is 0. The zero-order chi connectivity index (χ0) is 64.9. The Morgan fingerprint density at radius 2 is 0.541 bits per heavy atom. The molecule has 0 bridgehead atoms. The highest BCUT2D eigenvalue weighted by molar-refractivity contribution is 6.24. The van der Waals surface area contributed by atoms with Gasteiger partial charge < -0.3 is 0 Å². The lowest BCUT2D eigenvalue weighted by Crippen LogP contribution is -1.92. The molecule has 0 amide bonds. The molecule has 0 fully saturated rings. The number of para-hydroxylation sites is 1. The Morgan fingerprint density at radius 1 is 0.163 bits per heavy atom. The van der Waals surface area contributed by atoms with E-state index in [9.17, 15) is 0 Å². The molecular formula is C94H60N4. The van der Waals surface area contributed by atoms with E-state index in [0.29, 0.717) is 0 Å². The van der Waals surface area contributed by atoms with Gasteiger partial charge in [0.15, 0.2) is 0 Å². The molecule has 0 aliphatic rings. The number of benzene rings is 15. The molecular weight excluding hydrogens is 1190 g/mol. The Labute approximate surface area is 567 Å². The van der Waals surface area contributed by atoms with Crippen LogP contribution in [-0.4, -0.2) is 19.9 Å². The molecule has 19 aromatic rings. The number of hydrogen-bond acceptors (Lipinski definition) is 4. The van der Waals surface area contributed by atoms with Gasteiger partial charge >= 0.3 is 0 Å². The van der Waals surface area contributed by atoms with Crippen LogP contribution in [0.25, 0.3) is 187 Å². The first kappa shape index (κ1) is 57.6. The highest BCUT2D eigenvalue weighted by Crippen LogP contribution is 2.48. The first-order valence-electron chi connectivity index (χ1n) is 33.4. The molecule has 0 saturated carbocycles. The predicted molar refractivity (Wildman–Crippen MR) is 413 cm³/mol. The van der Waals surface area contributed by atoms with Crippen LogP contribution in [0.4, 0.5) is 0 Å². The maximum absolute atomic E-state index is 4.93. The van der Waals surface area contributed by atoms with Gasteiger partial charge in [0, 0.05) is 52.4 Å². The van der Waals surface area contributed by atoms with Gasteiger partial charge in [0.25, 0.3) is 0 Å². The van der Waals surface area contributed by atoms with Crippen LogP contribution < -0.4 is 0 Å². The largest absolute Gasteiger partial charge is 0.256 e. The van der Waals surface area contributed by atoms with Crippen molar-refractivity contribution in [2.75, 3.05) is 0 Å². The summed E-state index contributed by atoms with van der Waals surface area (Å²) < 4.78 is 0. The van der Waals surface area contributed by atoms with E-state index in [1.807, 2.05) is 67.3 Å². The number of aromatic nitrogens is 4. The summed E-state index contributed by atoms with van der Waals surface area (Å²) in [5, 5.41) is 18.5. The van der Waals surface area contributed by atoms with Gasteiger partial charge in [-0.1, -0.05) is 273 Å². The van der Waals surface area contributed by atoms with Crippen LogP contribution >= 0.6 is 0 Å². The van der Waals surface area contributed by atoms with E-state index in [1.165, 1.54) is 131 Å². The van der Waals surface area contributed by atoms with E-state index >= 15 is 0 Å². The van der Waals surface area contributed by atoms with E-state index in [2.05, 4.69) is 312 Å². The molecule has 19 rings (SSSR count). The molecule has 0 atom stereocenters. The Morgan fingerprint density at radius 3 is 1.09 bits per heavy atom. The molecule has 0 unspecified atom stereocenters. The van der Waals surface area contributed by atoms with Gasteiger partial charge in [-0.15, -0.1) is 0 Å². The number of nitrogens with zero attached hydrogens (tertiary/aromatic N) is 4. The van der Waals surface area contributed by atoms with E-state index in [0.717, 1.165) is 55.8 Å². The number of fused-ring (bicyclic) bond motifs is 8. The molecule has 4 nitrogen and oxygen atoms in total. The van der Waals surface area contributed by atoms with Crippen LogP contribution in [0.1, 0.15) is 0 Å². The van der Waals surface area contributed by atoms with Crippen molar-refractivity contribution >= 4 is 86.3 Å². The number of rotatable bonds is 9. The van der Waals surface area contributed by atoms with E-state index < -0.39 is 0 Å². The summed E-state index contributed by atoms with van der Waals surface area (Å²) in [5.41, 5.74) is 21.5. The monoisotopic (exact) mass is 1240 g/mol. The SMILES string of the molecule is c1ccc(-c2ccc(-c3c4ccccc4c(-c4ccc(-c5ccccn5)cc4)c4cc(-c5cccc6ccccc56)ccc34)cc2)nc1.c1ccc2cc(-c3c4ccccc4c(-c4ccc5ccccc5c4)c4cc(-c5ccc(-c6cnc7ccccc7c6)nc5)ccc34)ccc2c1. The summed E-state index contributed by atoms with van der Waals surface area (Å²) in [4.78, 5) is 18.8. The fourth-order valence-corrected chi connectivity index (χ4v) is 14.7. The molecule has 0 radical (unpaired) electrons. The molecule has 0 N–H and O–H groups in total. The van der Waals surface area contributed by atoms with Crippen LogP contribution in [0, 0.1) is 0 Å². The standard InChI is InChI=1S/C48H30N2.C46H30N2/c1-3-11-33-25-37(19-17-31(33)9-1)47-41-14-6-7-15-42(41)48(38-20-18-32-10-2-4-12-34(32)26-38)44-28-35(21-23-43(44)47)39-22-24-46(49-29-39)40-27-36-13-5-8-16-45(36)50-30-40;1-2-12-37-31(10-1)11-9-15-38(37)36-26-27-41-42(30-36)46(35-24-20-33(21-25-35)44-17-6-8-29-48-44)40-14-4-3-13-39(40)45(41)34-22-18-32(19-23-34)43-16-5-7-28-47-43/h1-30H;1-30H. The fraction of sp³-hybridized carbons (Fsp3) is 0. The average molecular weight is 1250 g/mol. The molecule has 456 valence electrons. The minimum absolute atomic E-state index is 0.911. The van der Waals surface area contributed by atoms with Crippen molar-refractivity contribution in [3.8, 4) is 101 Å². The van der Waals surface area contributed by atoms with Crippen molar-refractivity contribution < 1.29 is 0 Å². The second-order valence-corrected chi connectivity index (χ2v) is 25.2. The number of pyridine rings is 4. The van der Waals surface area contributed by atoms with Crippen molar-refractivity contribution in [1.29, 1.82) is 0 Å². The Bertz CT molecular complexity index is 6260. The maximum Gasteiger partial charge on any atom is 0.0718 e. The summed E-state index contributed by atoms with van der Waals surface area (Å²) in [6, 6.07) is 122. The Kier molecular flexibility index (Phi) is 14.5. The maximum atomic E-state index is 4.93. The van der Waals surface area contributed by atoms with Crippen LogP contribution in [0.5, 0.6) is 0 Å². The quantitative estimate of drug-likeness (QED) is 0.135. The van der Waals surface area contributed by atoms with E-state index in [4.69, 9.17) is 4.98 Å². The van der Waals surface area contributed by atoms with Crippen LogP contribution in [0.3, 0.4) is 0 Å². The van der Waals surface area contributed by atoms with Gasteiger partial charge in [0.2, 0.25) is 0 Å². The van der Waals surface area contributed by atoms with E-state index in [1.54, 1.807) is 0 Å². The summed E-state index contributed by atoms with van der Waals surface area (Å²) in [6.07, 6.45) is 7.60. The predicted octanol–water partition coefficient (Wildman–Crippen LogP) is 25.2. The van der Waals surface area contributed by atoms with Gasteiger partial charge in [-0.25, -0.2) is 0 Å². The van der Waals surface area contributed by atoms with Gasteiger partial charge in [-0.05, 0) is 203 Å². The highest BCUT2D eigenvalue weighted by atomic mass is 14.7. The smallest absolute Gasteiger partial charge is 0.0718 e. The van der Waals surface area contributed by atoms with E-state index in [-0.39, 0.29) is 0 Å². The molecule has 15 aromatic carbocycles. The zero-order valence-electron chi connectivity index (χ0n) is 53.4. The lowest BCUT2D eigenvalue weighted by molar-refractivity contribution is 1.31. The van der Waals surface area contributed by atoms with Crippen molar-refractivity contribution in [2.45, 2.75) is 0 Å². The normalized spacial score (nSPS) is 11.5. The number of hydrogen-bond donors (Lipinski definition) is 0. The molecule has 0 aliphatic heterocycles. The van der Waals surface area contributed by atoms with Crippen molar-refractivity contribution in [2.24, 2.45) is 0 Å². The minimum Gasteiger partial charge on any atom is -0.256 e.